The lowest BCUT2D eigenvalue weighted by Gasteiger charge is -2.22. The second kappa shape index (κ2) is 4.88. The molecule has 0 saturated carbocycles. The average molecular weight is 252 g/mol. The summed E-state index contributed by atoms with van der Waals surface area (Å²) in [5.41, 5.74) is 3.16. The van der Waals surface area contributed by atoms with E-state index in [9.17, 15) is 4.79 Å². The van der Waals surface area contributed by atoms with Gasteiger partial charge in [-0.25, -0.2) is 0 Å². The number of fused-ring (bicyclic) bond motifs is 2. The summed E-state index contributed by atoms with van der Waals surface area (Å²) in [7, 11) is 1.67. The first-order valence-corrected chi connectivity index (χ1v) is 6.53. The van der Waals surface area contributed by atoms with Crippen molar-refractivity contribution < 1.29 is 9.53 Å². The fourth-order valence-electron chi connectivity index (χ4n) is 2.67. The van der Waals surface area contributed by atoms with Crippen molar-refractivity contribution >= 4 is 5.78 Å². The summed E-state index contributed by atoms with van der Waals surface area (Å²) < 4.78 is 5.26. The summed E-state index contributed by atoms with van der Waals surface area (Å²) in [4.78, 5) is 12.4. The molecule has 1 unspecified atom stereocenters. The third-order valence-electron chi connectivity index (χ3n) is 3.75. The van der Waals surface area contributed by atoms with Crippen molar-refractivity contribution in [2.45, 2.75) is 12.8 Å². The van der Waals surface area contributed by atoms with Crippen LogP contribution >= 0.6 is 0 Å². The van der Waals surface area contributed by atoms with Crippen LogP contribution in [0.3, 0.4) is 0 Å². The van der Waals surface area contributed by atoms with Crippen LogP contribution in [0.1, 0.15) is 22.3 Å². The van der Waals surface area contributed by atoms with Crippen LogP contribution < -0.4 is 0 Å². The van der Waals surface area contributed by atoms with E-state index < -0.39 is 0 Å². The Morgan fingerprint density at radius 3 is 2.95 bits per heavy atom. The van der Waals surface area contributed by atoms with Crippen LogP contribution in [0, 0.1) is 5.92 Å². The molecule has 0 N–H and O–H groups in total. The van der Waals surface area contributed by atoms with E-state index in [4.69, 9.17) is 4.74 Å². The van der Waals surface area contributed by atoms with Gasteiger partial charge in [0.2, 0.25) is 0 Å². The smallest absolute Gasteiger partial charge is 0.164 e. The van der Waals surface area contributed by atoms with Crippen molar-refractivity contribution in [2.75, 3.05) is 7.11 Å². The Labute approximate surface area is 113 Å². The van der Waals surface area contributed by atoms with Gasteiger partial charge in [0.1, 0.15) is 5.76 Å². The number of hydrogen-bond acceptors (Lipinski definition) is 2. The largest absolute Gasteiger partial charge is 0.497 e. The fourth-order valence-corrected chi connectivity index (χ4v) is 2.67. The van der Waals surface area contributed by atoms with Crippen molar-refractivity contribution in [1.29, 1.82) is 0 Å². The Kier molecular flexibility index (Phi) is 3.08. The number of ketones is 1. The molecule has 0 aromatic heterocycles. The molecule has 0 fully saturated rings. The minimum atomic E-state index is 0.180. The zero-order valence-corrected chi connectivity index (χ0v) is 10.9. The maximum absolute atomic E-state index is 12.4. The minimum Gasteiger partial charge on any atom is -0.497 e. The molecule has 2 heteroatoms. The molecule has 19 heavy (non-hydrogen) atoms. The summed E-state index contributed by atoms with van der Waals surface area (Å²) in [5, 5.41) is 0. The van der Waals surface area contributed by atoms with Crippen molar-refractivity contribution in [2.24, 2.45) is 5.92 Å². The number of methoxy groups -OCH3 is 1. The van der Waals surface area contributed by atoms with Crippen LogP contribution in [0.5, 0.6) is 0 Å². The number of carbonyl (C=O) groups is 1. The first kappa shape index (κ1) is 12.0. The van der Waals surface area contributed by atoms with Gasteiger partial charge in [0, 0.05) is 17.9 Å². The van der Waals surface area contributed by atoms with E-state index in [0.29, 0.717) is 6.42 Å². The number of rotatable bonds is 1. The molecule has 1 aromatic rings. The first-order valence-electron chi connectivity index (χ1n) is 6.53. The van der Waals surface area contributed by atoms with Crippen molar-refractivity contribution in [3.63, 3.8) is 0 Å². The molecule has 2 aliphatic carbocycles. The van der Waals surface area contributed by atoms with Crippen molar-refractivity contribution in [3.05, 3.63) is 71.0 Å². The summed E-state index contributed by atoms with van der Waals surface area (Å²) in [6, 6.07) is 7.88. The van der Waals surface area contributed by atoms with E-state index in [2.05, 4.69) is 12.2 Å². The Morgan fingerprint density at radius 1 is 1.26 bits per heavy atom. The maximum Gasteiger partial charge on any atom is 0.164 e. The lowest BCUT2D eigenvalue weighted by molar-refractivity contribution is 0.0972. The van der Waals surface area contributed by atoms with Gasteiger partial charge >= 0.3 is 0 Å². The molecule has 0 radical (unpaired) electrons. The highest BCUT2D eigenvalue weighted by Crippen LogP contribution is 2.30. The first-order chi connectivity index (χ1) is 9.28. The highest BCUT2D eigenvalue weighted by molar-refractivity contribution is 5.98. The summed E-state index contributed by atoms with van der Waals surface area (Å²) in [6.45, 7) is 0. The van der Waals surface area contributed by atoms with Crippen LogP contribution in [-0.4, -0.2) is 12.9 Å². The Hall–Kier alpha value is -2.09. The maximum atomic E-state index is 12.4. The third-order valence-corrected chi connectivity index (χ3v) is 3.75. The van der Waals surface area contributed by atoms with Crippen LogP contribution in [0.25, 0.3) is 0 Å². The molecule has 0 aliphatic heterocycles. The summed E-state index contributed by atoms with van der Waals surface area (Å²) >= 11 is 0. The minimum absolute atomic E-state index is 0.180. The Balaban J connectivity index is 2.01. The third kappa shape index (κ3) is 2.26. The lowest BCUT2D eigenvalue weighted by atomic mass is 9.83. The van der Waals surface area contributed by atoms with Gasteiger partial charge in [-0.1, -0.05) is 36.4 Å². The van der Waals surface area contributed by atoms with Gasteiger partial charge in [-0.2, -0.15) is 0 Å². The molecule has 0 saturated heterocycles. The van der Waals surface area contributed by atoms with E-state index in [0.717, 1.165) is 23.3 Å². The van der Waals surface area contributed by atoms with Crippen molar-refractivity contribution in [1.82, 2.24) is 0 Å². The highest BCUT2D eigenvalue weighted by Gasteiger charge is 2.22. The standard InChI is InChI=1S/C17H16O2/c1-19-15-9-8-14-11-17(18)16-5-3-2-4-12(16)6-7-13(14)10-15/h2-5,7-10,14H,6,11H2,1H3/b13-7-. The van der Waals surface area contributed by atoms with E-state index in [-0.39, 0.29) is 11.7 Å². The molecule has 1 atom stereocenters. The Morgan fingerprint density at radius 2 is 2.11 bits per heavy atom. The summed E-state index contributed by atoms with van der Waals surface area (Å²) in [6.07, 6.45) is 9.59. The lowest BCUT2D eigenvalue weighted by Crippen LogP contribution is -2.15. The molecule has 96 valence electrons. The number of Topliss-reactive ketones (excluding diaryl/α,β-unsaturated/α-hetero) is 1. The molecule has 0 bridgehead atoms. The van der Waals surface area contributed by atoms with E-state index >= 15 is 0 Å². The van der Waals surface area contributed by atoms with Crippen molar-refractivity contribution in [3.8, 4) is 0 Å². The molecule has 0 amide bonds. The van der Waals surface area contributed by atoms with E-state index in [1.807, 2.05) is 36.4 Å². The fraction of sp³-hybridized carbons (Fsp3) is 0.235. The van der Waals surface area contributed by atoms with Gasteiger partial charge < -0.3 is 4.74 Å². The number of ether oxygens (including phenoxy) is 1. The van der Waals surface area contributed by atoms with Gasteiger partial charge in [0.05, 0.1) is 7.11 Å². The second-order valence-electron chi connectivity index (χ2n) is 4.91. The second-order valence-corrected chi connectivity index (χ2v) is 4.91. The van der Waals surface area contributed by atoms with E-state index in [1.165, 1.54) is 5.57 Å². The number of allylic oxidation sites excluding steroid dienone is 5. The molecular weight excluding hydrogens is 236 g/mol. The number of hydrogen-bond donors (Lipinski definition) is 0. The summed E-state index contributed by atoms with van der Waals surface area (Å²) in [5.74, 6) is 1.26. The van der Waals surface area contributed by atoms with Gasteiger partial charge in [-0.05, 0) is 29.7 Å². The zero-order valence-electron chi connectivity index (χ0n) is 10.9. The van der Waals surface area contributed by atoms with E-state index in [1.54, 1.807) is 7.11 Å². The SMILES string of the molecule is COC1=C/C2=C/Cc3ccccc3C(=O)CC2C=C1. The zero-order chi connectivity index (χ0) is 13.2. The monoisotopic (exact) mass is 252 g/mol. The molecular formula is C17H16O2. The van der Waals surface area contributed by atoms with Gasteiger partial charge in [-0.3, -0.25) is 4.79 Å². The van der Waals surface area contributed by atoms with Gasteiger partial charge in [-0.15, -0.1) is 0 Å². The Bertz CT molecular complexity index is 605. The normalized spacial score (nSPS) is 24.3. The molecule has 0 heterocycles. The predicted octanol–water partition coefficient (Wildman–Crippen LogP) is 3.46. The number of benzene rings is 1. The van der Waals surface area contributed by atoms with Crippen LogP contribution in [0.2, 0.25) is 0 Å². The van der Waals surface area contributed by atoms with Gasteiger partial charge in [0.25, 0.3) is 0 Å². The number of carbonyl (C=O) groups excluding carboxylic acids is 1. The average Bonchev–Trinajstić information content (AvgIpc) is 2.44. The topological polar surface area (TPSA) is 26.3 Å². The van der Waals surface area contributed by atoms with Crippen LogP contribution in [0.4, 0.5) is 0 Å². The molecule has 1 aromatic carbocycles. The predicted molar refractivity (Wildman–Crippen MR) is 74.9 cm³/mol. The highest BCUT2D eigenvalue weighted by atomic mass is 16.5. The molecule has 0 spiro atoms. The van der Waals surface area contributed by atoms with Gasteiger partial charge in [0.15, 0.2) is 5.78 Å². The molecule has 2 nitrogen and oxygen atoms in total. The quantitative estimate of drug-likeness (QED) is 0.765. The molecule has 3 rings (SSSR count). The van der Waals surface area contributed by atoms with Crippen LogP contribution in [0.15, 0.2) is 59.9 Å². The van der Waals surface area contributed by atoms with Crippen LogP contribution in [-0.2, 0) is 11.2 Å². The molecule has 2 aliphatic rings.